The fourth-order valence-electron chi connectivity index (χ4n) is 2.52. The van der Waals surface area contributed by atoms with Crippen LogP contribution in [0.5, 0.6) is 11.5 Å². The van der Waals surface area contributed by atoms with Crippen molar-refractivity contribution in [2.24, 2.45) is 0 Å². The van der Waals surface area contributed by atoms with Gasteiger partial charge >= 0.3 is 0 Å². The summed E-state index contributed by atoms with van der Waals surface area (Å²) in [5, 5.41) is 6.09. The molecule has 6 heteroatoms. The largest absolute Gasteiger partial charge is 0.493 e. The smallest absolute Gasteiger partial charge is 0.257 e. The van der Waals surface area contributed by atoms with Gasteiger partial charge in [-0.25, -0.2) is 0 Å². The second kappa shape index (κ2) is 9.37. The quantitative estimate of drug-likeness (QED) is 0.721. The van der Waals surface area contributed by atoms with E-state index in [1.165, 1.54) is 0 Å². The monoisotopic (exact) mass is 322 g/mol. The molecular weight excluding hydrogens is 296 g/mol. The number of likely N-dealkylation sites (N-methyl/N-ethyl adjacent to an activating group) is 1. The second-order valence-corrected chi connectivity index (χ2v) is 5.49. The van der Waals surface area contributed by atoms with Crippen molar-refractivity contribution in [3.05, 3.63) is 23.8 Å². The van der Waals surface area contributed by atoms with E-state index < -0.39 is 0 Å². The van der Waals surface area contributed by atoms with Gasteiger partial charge in [0.2, 0.25) is 0 Å². The van der Waals surface area contributed by atoms with Crippen LogP contribution in [0.2, 0.25) is 0 Å². The zero-order valence-electron chi connectivity index (χ0n) is 13.9. The van der Waals surface area contributed by atoms with E-state index in [9.17, 15) is 4.79 Å². The molecule has 1 atom stereocenters. The Kier molecular flexibility index (Phi) is 7.16. The molecule has 1 fully saturated rings. The maximum absolute atomic E-state index is 11.5. The minimum Gasteiger partial charge on any atom is -0.493 e. The van der Waals surface area contributed by atoms with Crippen molar-refractivity contribution in [2.75, 3.05) is 33.4 Å². The Morgan fingerprint density at radius 3 is 2.96 bits per heavy atom. The van der Waals surface area contributed by atoms with E-state index in [0.29, 0.717) is 24.1 Å². The number of methoxy groups -OCH3 is 1. The average Bonchev–Trinajstić information content (AvgIpc) is 3.07. The summed E-state index contributed by atoms with van der Waals surface area (Å²) in [7, 11) is 1.60. The highest BCUT2D eigenvalue weighted by molar-refractivity contribution is 5.77. The number of benzene rings is 1. The lowest BCUT2D eigenvalue weighted by Gasteiger charge is -2.13. The van der Waals surface area contributed by atoms with Crippen molar-refractivity contribution in [2.45, 2.75) is 32.4 Å². The van der Waals surface area contributed by atoms with E-state index in [1.807, 2.05) is 25.1 Å². The summed E-state index contributed by atoms with van der Waals surface area (Å²) < 4.78 is 16.4. The Balaban J connectivity index is 1.83. The molecule has 0 spiro atoms. The van der Waals surface area contributed by atoms with Gasteiger partial charge < -0.3 is 24.8 Å². The van der Waals surface area contributed by atoms with Gasteiger partial charge in [0.1, 0.15) is 0 Å². The number of rotatable bonds is 9. The fraction of sp³-hybridized carbons (Fsp3) is 0.588. The molecule has 1 amide bonds. The first-order valence-corrected chi connectivity index (χ1v) is 8.11. The van der Waals surface area contributed by atoms with Crippen LogP contribution in [0.1, 0.15) is 25.3 Å². The number of ether oxygens (including phenoxy) is 3. The molecule has 23 heavy (non-hydrogen) atoms. The van der Waals surface area contributed by atoms with Gasteiger partial charge in [-0.3, -0.25) is 4.79 Å². The van der Waals surface area contributed by atoms with E-state index >= 15 is 0 Å². The van der Waals surface area contributed by atoms with E-state index in [0.717, 1.165) is 38.1 Å². The third-order valence-electron chi connectivity index (χ3n) is 3.69. The lowest BCUT2D eigenvalue weighted by Crippen LogP contribution is -2.28. The third kappa shape index (κ3) is 5.73. The molecule has 0 saturated carbocycles. The highest BCUT2D eigenvalue weighted by atomic mass is 16.5. The van der Waals surface area contributed by atoms with Gasteiger partial charge in [0.05, 0.1) is 13.2 Å². The lowest BCUT2D eigenvalue weighted by molar-refractivity contribution is -0.123. The molecule has 0 aromatic heterocycles. The zero-order valence-corrected chi connectivity index (χ0v) is 13.9. The average molecular weight is 322 g/mol. The number of amides is 1. The van der Waals surface area contributed by atoms with Gasteiger partial charge in [-0.1, -0.05) is 6.07 Å². The molecule has 1 aliphatic rings. The minimum atomic E-state index is -0.142. The lowest BCUT2D eigenvalue weighted by atomic mass is 10.2. The Bertz CT molecular complexity index is 501. The highest BCUT2D eigenvalue weighted by Crippen LogP contribution is 2.28. The van der Waals surface area contributed by atoms with Gasteiger partial charge in [-0.05, 0) is 37.5 Å². The molecule has 6 nitrogen and oxygen atoms in total. The van der Waals surface area contributed by atoms with Crippen molar-refractivity contribution < 1.29 is 19.0 Å². The van der Waals surface area contributed by atoms with Crippen molar-refractivity contribution in [3.63, 3.8) is 0 Å². The van der Waals surface area contributed by atoms with E-state index in [-0.39, 0.29) is 12.5 Å². The van der Waals surface area contributed by atoms with Crippen LogP contribution in [0.4, 0.5) is 0 Å². The Morgan fingerprint density at radius 1 is 1.39 bits per heavy atom. The molecular formula is C17H26N2O4. The van der Waals surface area contributed by atoms with E-state index in [1.54, 1.807) is 7.11 Å². The van der Waals surface area contributed by atoms with Crippen LogP contribution in [0.25, 0.3) is 0 Å². The Morgan fingerprint density at radius 2 is 2.26 bits per heavy atom. The molecule has 0 bridgehead atoms. The number of carbonyl (C=O) groups is 1. The van der Waals surface area contributed by atoms with Gasteiger partial charge in [-0.2, -0.15) is 0 Å². The SMILES string of the molecule is CCNC(=O)COc1ccc(CNCC2CCCO2)cc1OC. The first-order valence-electron chi connectivity index (χ1n) is 8.11. The standard InChI is InChI=1S/C17H26N2O4/c1-3-19-17(20)12-23-15-7-6-13(9-16(15)21-2)10-18-11-14-5-4-8-22-14/h6-7,9,14,18H,3-5,8,10-12H2,1-2H3,(H,19,20). The van der Waals surface area contributed by atoms with Crippen LogP contribution in [0, 0.1) is 0 Å². The molecule has 0 aliphatic carbocycles. The second-order valence-electron chi connectivity index (χ2n) is 5.49. The first-order chi connectivity index (χ1) is 11.2. The predicted octanol–water partition coefficient (Wildman–Crippen LogP) is 1.48. The van der Waals surface area contributed by atoms with Gasteiger partial charge in [0.25, 0.3) is 5.91 Å². The molecule has 1 saturated heterocycles. The van der Waals surface area contributed by atoms with Crippen LogP contribution >= 0.6 is 0 Å². The van der Waals surface area contributed by atoms with Crippen LogP contribution < -0.4 is 20.1 Å². The summed E-state index contributed by atoms with van der Waals surface area (Å²) in [6.45, 7) is 4.93. The summed E-state index contributed by atoms with van der Waals surface area (Å²) in [5.41, 5.74) is 1.10. The zero-order chi connectivity index (χ0) is 16.5. The summed E-state index contributed by atoms with van der Waals surface area (Å²) >= 11 is 0. The van der Waals surface area contributed by atoms with E-state index in [4.69, 9.17) is 14.2 Å². The summed E-state index contributed by atoms with van der Waals surface area (Å²) in [5.74, 6) is 1.06. The number of hydrogen-bond donors (Lipinski definition) is 2. The molecule has 2 N–H and O–H groups in total. The molecule has 1 heterocycles. The Hall–Kier alpha value is -1.79. The van der Waals surface area contributed by atoms with E-state index in [2.05, 4.69) is 10.6 Å². The van der Waals surface area contributed by atoms with Crippen molar-refractivity contribution in [3.8, 4) is 11.5 Å². The minimum absolute atomic E-state index is 0.0131. The molecule has 1 unspecified atom stereocenters. The maximum atomic E-state index is 11.5. The predicted molar refractivity (Wildman–Crippen MR) is 87.9 cm³/mol. The summed E-state index contributed by atoms with van der Waals surface area (Å²) in [4.78, 5) is 11.5. The van der Waals surface area contributed by atoms with Crippen molar-refractivity contribution in [1.29, 1.82) is 0 Å². The highest BCUT2D eigenvalue weighted by Gasteiger charge is 2.14. The first kappa shape index (κ1) is 17.6. The summed E-state index contributed by atoms with van der Waals surface area (Å²) in [6.07, 6.45) is 2.61. The number of nitrogens with one attached hydrogen (secondary N) is 2. The van der Waals surface area contributed by atoms with Gasteiger partial charge in [0.15, 0.2) is 18.1 Å². The van der Waals surface area contributed by atoms with Crippen LogP contribution in [0.3, 0.4) is 0 Å². The van der Waals surface area contributed by atoms with Crippen LogP contribution in [-0.2, 0) is 16.1 Å². The van der Waals surface area contributed by atoms with Gasteiger partial charge in [0, 0.05) is 26.2 Å². The Labute approximate surface area is 137 Å². The van der Waals surface area contributed by atoms with Gasteiger partial charge in [-0.15, -0.1) is 0 Å². The van der Waals surface area contributed by atoms with Crippen molar-refractivity contribution >= 4 is 5.91 Å². The van der Waals surface area contributed by atoms with Crippen molar-refractivity contribution in [1.82, 2.24) is 10.6 Å². The topological polar surface area (TPSA) is 68.8 Å². The number of hydrogen-bond acceptors (Lipinski definition) is 5. The molecule has 128 valence electrons. The molecule has 0 radical (unpaired) electrons. The third-order valence-corrected chi connectivity index (χ3v) is 3.69. The molecule has 2 rings (SSSR count). The van der Waals surface area contributed by atoms with Crippen LogP contribution in [-0.4, -0.2) is 45.4 Å². The summed E-state index contributed by atoms with van der Waals surface area (Å²) in [6, 6.07) is 5.73. The number of carbonyl (C=O) groups excluding carboxylic acids is 1. The molecule has 1 aromatic rings. The molecule has 1 aromatic carbocycles. The normalized spacial score (nSPS) is 17.0. The molecule has 1 aliphatic heterocycles. The van der Waals surface area contributed by atoms with Crippen LogP contribution in [0.15, 0.2) is 18.2 Å². The maximum Gasteiger partial charge on any atom is 0.257 e. The fourth-order valence-corrected chi connectivity index (χ4v) is 2.52.